The van der Waals surface area contributed by atoms with Crippen LogP contribution in [0.2, 0.25) is 0 Å². The molecule has 6 atom stereocenters. The van der Waals surface area contributed by atoms with Crippen molar-refractivity contribution >= 4 is 23.9 Å². The van der Waals surface area contributed by atoms with Crippen LogP contribution in [-0.2, 0) is 38.1 Å². The van der Waals surface area contributed by atoms with E-state index in [9.17, 15) is 24.3 Å². The Hall–Kier alpha value is -2.42. The van der Waals surface area contributed by atoms with Crippen molar-refractivity contribution in [3.63, 3.8) is 0 Å². The molecular formula is C26H40O9. The number of aliphatic hydroxyl groups is 1. The zero-order chi connectivity index (χ0) is 26.6. The molecule has 0 aromatic rings. The van der Waals surface area contributed by atoms with Gasteiger partial charge in [0.15, 0.2) is 0 Å². The van der Waals surface area contributed by atoms with Crippen LogP contribution in [-0.4, -0.2) is 60.5 Å². The molecule has 1 aliphatic heterocycles. The fourth-order valence-corrected chi connectivity index (χ4v) is 4.29. The van der Waals surface area contributed by atoms with Crippen molar-refractivity contribution in [1.82, 2.24) is 0 Å². The van der Waals surface area contributed by atoms with Gasteiger partial charge in [-0.2, -0.15) is 0 Å². The molecule has 2 bridgehead atoms. The van der Waals surface area contributed by atoms with Gasteiger partial charge in [0, 0.05) is 17.9 Å². The number of hydrogen-bond donors (Lipinski definition) is 1. The van der Waals surface area contributed by atoms with Gasteiger partial charge in [-0.05, 0) is 53.4 Å². The summed E-state index contributed by atoms with van der Waals surface area (Å²) in [5.41, 5.74) is -1.03. The van der Waals surface area contributed by atoms with E-state index in [-0.39, 0.29) is 49.2 Å². The zero-order valence-corrected chi connectivity index (χ0v) is 21.7. The lowest BCUT2D eigenvalue weighted by molar-refractivity contribution is -0.170. The van der Waals surface area contributed by atoms with E-state index in [2.05, 4.69) is 11.3 Å². The van der Waals surface area contributed by atoms with Crippen LogP contribution in [0.15, 0.2) is 12.7 Å². The van der Waals surface area contributed by atoms with E-state index in [1.165, 1.54) is 0 Å². The molecule has 6 unspecified atom stereocenters. The number of hydrogen-bond acceptors (Lipinski definition) is 9. The summed E-state index contributed by atoms with van der Waals surface area (Å²) in [7, 11) is 0. The fraction of sp³-hybridized carbons (Fsp3) is 0.769. The Labute approximate surface area is 207 Å². The maximum atomic E-state index is 12.1. The molecule has 3 rings (SSSR count). The Morgan fingerprint density at radius 1 is 1.06 bits per heavy atom. The SMILES string of the molecule is C=CC(=O)OCC(O)COC(=O)C(C)(C)CC.CCC(C)(C)C(=O)OC1C2CC3C(=O)OC1C3C2. The molecule has 2 saturated carbocycles. The summed E-state index contributed by atoms with van der Waals surface area (Å²) < 4.78 is 20.6. The van der Waals surface area contributed by atoms with Crippen LogP contribution in [0.4, 0.5) is 0 Å². The maximum absolute atomic E-state index is 12.1. The highest BCUT2D eigenvalue weighted by atomic mass is 16.6. The molecule has 9 nitrogen and oxygen atoms in total. The van der Waals surface area contributed by atoms with Crippen LogP contribution in [0.3, 0.4) is 0 Å². The largest absolute Gasteiger partial charge is 0.462 e. The number of carbonyl (C=O) groups excluding carboxylic acids is 4. The van der Waals surface area contributed by atoms with E-state index in [4.69, 9.17) is 14.2 Å². The summed E-state index contributed by atoms with van der Waals surface area (Å²) >= 11 is 0. The Bertz CT molecular complexity index is 816. The number of esters is 4. The van der Waals surface area contributed by atoms with Crippen molar-refractivity contribution < 1.29 is 43.2 Å². The average Bonchev–Trinajstić information content (AvgIpc) is 3.46. The van der Waals surface area contributed by atoms with Crippen LogP contribution < -0.4 is 0 Å². The van der Waals surface area contributed by atoms with E-state index >= 15 is 0 Å². The molecule has 198 valence electrons. The first-order valence-electron chi connectivity index (χ1n) is 12.3. The van der Waals surface area contributed by atoms with Crippen LogP contribution in [0.1, 0.15) is 67.2 Å². The van der Waals surface area contributed by atoms with E-state index in [1.807, 2.05) is 27.7 Å². The standard InChI is InChI=1S/C14H20O4.C12H20O5/c1-4-14(2,3)13(16)18-10-7-5-8-9(6-7)12(15)17-11(8)10;1-5-10(14)16-7-9(13)8-17-11(15)12(3,4)6-2/h7-11H,4-6H2,1-3H3;5,9,13H,1,6-8H2,2-4H3. The first kappa shape index (κ1) is 28.8. The summed E-state index contributed by atoms with van der Waals surface area (Å²) in [6, 6.07) is 0. The summed E-state index contributed by atoms with van der Waals surface area (Å²) in [5.74, 6) is -0.548. The van der Waals surface area contributed by atoms with Gasteiger partial charge in [-0.25, -0.2) is 4.79 Å². The summed E-state index contributed by atoms with van der Waals surface area (Å²) in [6.45, 7) is 14.0. The topological polar surface area (TPSA) is 125 Å². The molecule has 0 amide bonds. The molecule has 0 aromatic heterocycles. The molecule has 9 heteroatoms. The van der Waals surface area contributed by atoms with Gasteiger partial charge >= 0.3 is 23.9 Å². The smallest absolute Gasteiger partial charge is 0.330 e. The predicted octanol–water partition coefficient (Wildman–Crippen LogP) is 2.97. The second kappa shape index (κ2) is 11.5. The number of aliphatic hydroxyl groups excluding tert-OH is 1. The number of carbonyl (C=O) groups is 4. The van der Waals surface area contributed by atoms with Gasteiger partial charge in [-0.15, -0.1) is 0 Å². The molecule has 35 heavy (non-hydrogen) atoms. The van der Waals surface area contributed by atoms with Crippen molar-refractivity contribution in [2.45, 2.75) is 85.5 Å². The number of fused-ring (bicyclic) bond motifs is 1. The van der Waals surface area contributed by atoms with Crippen LogP contribution >= 0.6 is 0 Å². The van der Waals surface area contributed by atoms with Gasteiger partial charge in [0.25, 0.3) is 0 Å². The molecule has 2 aliphatic carbocycles. The molecule has 3 aliphatic rings. The van der Waals surface area contributed by atoms with Crippen molar-refractivity contribution in [3.8, 4) is 0 Å². The lowest BCUT2D eigenvalue weighted by atomic mass is 9.87. The maximum Gasteiger partial charge on any atom is 0.330 e. The fourth-order valence-electron chi connectivity index (χ4n) is 4.29. The van der Waals surface area contributed by atoms with Gasteiger partial charge in [-0.1, -0.05) is 20.4 Å². The second-order valence-electron chi connectivity index (χ2n) is 10.8. The Balaban J connectivity index is 0.000000248. The minimum atomic E-state index is -1.02. The molecule has 1 heterocycles. The molecule has 0 spiro atoms. The minimum Gasteiger partial charge on any atom is -0.462 e. The average molecular weight is 497 g/mol. The van der Waals surface area contributed by atoms with Crippen LogP contribution in [0.25, 0.3) is 0 Å². The van der Waals surface area contributed by atoms with Gasteiger partial charge in [0.1, 0.15) is 31.5 Å². The minimum absolute atomic E-state index is 0.0779. The van der Waals surface area contributed by atoms with Crippen molar-refractivity contribution in [3.05, 3.63) is 12.7 Å². The first-order chi connectivity index (χ1) is 16.3. The van der Waals surface area contributed by atoms with Crippen LogP contribution in [0.5, 0.6) is 0 Å². The molecule has 0 aromatic carbocycles. The second-order valence-corrected chi connectivity index (χ2v) is 10.8. The normalized spacial score (nSPS) is 27.3. The van der Waals surface area contributed by atoms with Crippen molar-refractivity contribution in [2.75, 3.05) is 13.2 Å². The Morgan fingerprint density at radius 2 is 1.63 bits per heavy atom. The molecule has 1 N–H and O–H groups in total. The Morgan fingerprint density at radius 3 is 2.20 bits per heavy atom. The summed E-state index contributed by atoms with van der Waals surface area (Å²) in [4.78, 5) is 46.0. The van der Waals surface area contributed by atoms with E-state index in [1.54, 1.807) is 13.8 Å². The van der Waals surface area contributed by atoms with Gasteiger partial charge in [-0.3, -0.25) is 14.4 Å². The third-order valence-electron chi connectivity index (χ3n) is 7.52. The lowest BCUT2D eigenvalue weighted by Crippen LogP contribution is -2.39. The zero-order valence-electron chi connectivity index (χ0n) is 21.7. The predicted molar refractivity (Wildman–Crippen MR) is 126 cm³/mol. The highest BCUT2D eigenvalue weighted by Crippen LogP contribution is 2.55. The highest BCUT2D eigenvalue weighted by Gasteiger charge is 2.63. The van der Waals surface area contributed by atoms with Gasteiger partial charge < -0.3 is 24.1 Å². The third kappa shape index (κ3) is 6.84. The molecular weight excluding hydrogens is 456 g/mol. The van der Waals surface area contributed by atoms with Crippen molar-refractivity contribution in [1.29, 1.82) is 0 Å². The Kier molecular flexibility index (Phi) is 9.50. The molecule has 1 saturated heterocycles. The molecule has 3 fully saturated rings. The van der Waals surface area contributed by atoms with E-state index in [0.29, 0.717) is 18.3 Å². The lowest BCUT2D eigenvalue weighted by Gasteiger charge is -2.29. The number of rotatable bonds is 10. The van der Waals surface area contributed by atoms with E-state index < -0.39 is 22.9 Å². The quantitative estimate of drug-likeness (QED) is 0.276. The third-order valence-corrected chi connectivity index (χ3v) is 7.52. The van der Waals surface area contributed by atoms with Crippen LogP contribution in [0, 0.1) is 28.6 Å². The van der Waals surface area contributed by atoms with Gasteiger partial charge in [0.2, 0.25) is 0 Å². The van der Waals surface area contributed by atoms with Crippen molar-refractivity contribution in [2.24, 2.45) is 28.6 Å². The highest BCUT2D eigenvalue weighted by molar-refractivity contribution is 5.81. The summed E-state index contributed by atoms with van der Waals surface area (Å²) in [5, 5.41) is 9.39. The number of ether oxygens (including phenoxy) is 4. The van der Waals surface area contributed by atoms with Gasteiger partial charge in [0.05, 0.1) is 16.7 Å². The summed E-state index contributed by atoms with van der Waals surface area (Å²) in [6.07, 6.45) is 2.83. The monoisotopic (exact) mass is 496 g/mol. The molecule has 0 radical (unpaired) electrons. The van der Waals surface area contributed by atoms with E-state index in [0.717, 1.165) is 25.3 Å². The first-order valence-corrected chi connectivity index (χ1v) is 12.3.